The lowest BCUT2D eigenvalue weighted by molar-refractivity contribution is 0.470. The summed E-state index contributed by atoms with van der Waals surface area (Å²) in [4.78, 5) is 0. The predicted molar refractivity (Wildman–Crippen MR) is 156 cm³/mol. The van der Waals surface area contributed by atoms with Gasteiger partial charge in [-0.2, -0.15) is 0 Å². The Morgan fingerprint density at radius 2 is 0.706 bits per heavy atom. The molecule has 6 heteroatoms. The van der Waals surface area contributed by atoms with E-state index in [1.54, 1.807) is 12.1 Å². The van der Waals surface area contributed by atoms with E-state index in [0.29, 0.717) is 11.1 Å². The largest absolute Gasteiger partial charge is 0.507 e. The summed E-state index contributed by atoms with van der Waals surface area (Å²) in [5.74, 6) is 0.184. The maximum atomic E-state index is 11.2. The third kappa shape index (κ3) is 3.08. The van der Waals surface area contributed by atoms with Crippen LogP contribution in [0.1, 0.15) is 0 Å². The predicted octanol–water partition coefficient (Wildman–Crippen LogP) is 10.4. The van der Waals surface area contributed by atoms with Crippen LogP contribution in [0.2, 0.25) is 0 Å². The molecule has 0 bridgehead atoms. The molecule has 0 amide bonds. The maximum Gasteiger partial charge on any atom is 0.124 e. The smallest absolute Gasteiger partial charge is 0.124 e. The molecule has 2 nitrogen and oxygen atoms in total. The van der Waals surface area contributed by atoms with E-state index in [0.717, 1.165) is 61.0 Å². The summed E-state index contributed by atoms with van der Waals surface area (Å²) < 4.78 is 3.60. The Bertz CT molecular complexity index is 1690. The van der Waals surface area contributed by atoms with Gasteiger partial charge >= 0.3 is 0 Å². The monoisotopic (exact) mass is 698 g/mol. The van der Waals surface area contributed by atoms with Crippen molar-refractivity contribution in [1.29, 1.82) is 0 Å². The molecule has 0 heterocycles. The summed E-state index contributed by atoms with van der Waals surface area (Å²) in [5, 5.41) is 30.1. The Morgan fingerprint density at radius 1 is 0.382 bits per heavy atom. The van der Waals surface area contributed by atoms with Gasteiger partial charge in [-0.05, 0) is 120 Å². The number of halogens is 4. The van der Waals surface area contributed by atoms with Gasteiger partial charge in [0.2, 0.25) is 0 Å². The van der Waals surface area contributed by atoms with Gasteiger partial charge in [-0.25, -0.2) is 0 Å². The molecule has 0 aliphatic rings. The van der Waals surface area contributed by atoms with Crippen molar-refractivity contribution < 1.29 is 10.2 Å². The van der Waals surface area contributed by atoms with Crippen molar-refractivity contribution in [1.82, 2.24) is 0 Å². The van der Waals surface area contributed by atoms with Gasteiger partial charge in [0.15, 0.2) is 0 Å². The second kappa shape index (κ2) is 8.23. The zero-order chi connectivity index (χ0) is 23.7. The molecule has 34 heavy (non-hydrogen) atoms. The number of phenols is 2. The van der Waals surface area contributed by atoms with Crippen molar-refractivity contribution in [2.24, 2.45) is 0 Å². The van der Waals surface area contributed by atoms with E-state index < -0.39 is 0 Å². The molecular formula is C28H14Br4O2. The lowest BCUT2D eigenvalue weighted by Gasteiger charge is -2.19. The van der Waals surface area contributed by atoms with Crippen LogP contribution in [0.5, 0.6) is 11.5 Å². The molecule has 0 atom stereocenters. The van der Waals surface area contributed by atoms with Crippen LogP contribution in [0.15, 0.2) is 90.7 Å². The van der Waals surface area contributed by atoms with E-state index in [4.69, 9.17) is 0 Å². The molecule has 0 aliphatic heterocycles. The zero-order valence-electron chi connectivity index (χ0n) is 17.3. The number of fused-ring (bicyclic) bond motifs is 4. The van der Waals surface area contributed by atoms with Gasteiger partial charge in [0, 0.05) is 39.8 Å². The van der Waals surface area contributed by atoms with Gasteiger partial charge in [-0.3, -0.25) is 0 Å². The van der Waals surface area contributed by atoms with E-state index in [9.17, 15) is 10.2 Å². The minimum Gasteiger partial charge on any atom is -0.507 e. The second-order valence-electron chi connectivity index (χ2n) is 8.11. The molecule has 0 spiro atoms. The van der Waals surface area contributed by atoms with Crippen molar-refractivity contribution in [2.75, 3.05) is 0 Å². The lowest BCUT2D eigenvalue weighted by atomic mass is 9.90. The number of hydrogen-bond acceptors (Lipinski definition) is 2. The van der Waals surface area contributed by atoms with Crippen LogP contribution in [-0.2, 0) is 0 Å². The second-order valence-corrected chi connectivity index (χ2v) is 11.3. The fraction of sp³-hybridized carbons (Fsp3) is 0. The standard InChI is InChI=1S/C28H14Br4O2/c29-25-13-5-1-3-7-15(13)27(31)21-17(25)9-11-19(33)23(21)24-20(34)12-10-18-22(24)28(32)16-8-4-2-6-14(16)26(18)30/h1-12,33-34H. The SMILES string of the molecule is Oc1ccc2c(Br)c3ccccc3c(Br)c2c1-c1c(O)ccc2c(Br)c3ccccc3c(Br)c12. The highest BCUT2D eigenvalue weighted by Crippen LogP contribution is 2.53. The molecule has 0 saturated carbocycles. The van der Waals surface area contributed by atoms with Gasteiger partial charge in [0.25, 0.3) is 0 Å². The summed E-state index contributed by atoms with van der Waals surface area (Å²) >= 11 is 15.2. The van der Waals surface area contributed by atoms with Crippen LogP contribution in [0.4, 0.5) is 0 Å². The van der Waals surface area contributed by atoms with E-state index in [-0.39, 0.29) is 11.5 Å². The molecule has 0 saturated heterocycles. The van der Waals surface area contributed by atoms with Crippen LogP contribution >= 0.6 is 63.7 Å². The van der Waals surface area contributed by atoms with E-state index >= 15 is 0 Å². The normalized spacial score (nSPS) is 11.8. The van der Waals surface area contributed by atoms with Gasteiger partial charge < -0.3 is 10.2 Å². The molecule has 0 unspecified atom stereocenters. The number of rotatable bonds is 1. The highest BCUT2D eigenvalue weighted by molar-refractivity contribution is 9.11. The van der Waals surface area contributed by atoms with Crippen molar-refractivity contribution in [3.63, 3.8) is 0 Å². The molecule has 0 aromatic heterocycles. The van der Waals surface area contributed by atoms with Crippen molar-refractivity contribution >= 4 is 107 Å². The summed E-state index contributed by atoms with van der Waals surface area (Å²) in [6.07, 6.45) is 0. The van der Waals surface area contributed by atoms with Gasteiger partial charge in [-0.15, -0.1) is 0 Å². The first kappa shape index (κ1) is 22.4. The minimum atomic E-state index is 0.0920. The summed E-state index contributed by atoms with van der Waals surface area (Å²) in [7, 11) is 0. The fourth-order valence-corrected chi connectivity index (χ4v) is 7.67. The van der Waals surface area contributed by atoms with Gasteiger partial charge in [0.05, 0.1) is 0 Å². The summed E-state index contributed by atoms with van der Waals surface area (Å²) in [6.45, 7) is 0. The molecule has 6 aromatic carbocycles. The van der Waals surface area contributed by atoms with E-state index in [1.807, 2.05) is 48.5 Å². The van der Waals surface area contributed by atoms with E-state index in [2.05, 4.69) is 75.9 Å². The van der Waals surface area contributed by atoms with Crippen LogP contribution in [-0.4, -0.2) is 10.2 Å². The first-order chi connectivity index (χ1) is 16.4. The average molecular weight is 702 g/mol. The molecular weight excluding hydrogens is 688 g/mol. The average Bonchev–Trinajstić information content (AvgIpc) is 2.86. The number of phenolic OH excluding ortho intramolecular Hbond substituents is 2. The summed E-state index contributed by atoms with van der Waals surface area (Å²) in [6, 6.07) is 23.4. The van der Waals surface area contributed by atoms with Crippen molar-refractivity contribution in [2.45, 2.75) is 0 Å². The quantitative estimate of drug-likeness (QED) is 0.168. The van der Waals surface area contributed by atoms with Gasteiger partial charge in [0.1, 0.15) is 11.5 Å². The molecule has 166 valence electrons. The molecule has 0 radical (unpaired) electrons. The first-order valence-corrected chi connectivity index (χ1v) is 13.6. The fourth-order valence-electron chi connectivity index (χ4n) is 4.80. The van der Waals surface area contributed by atoms with Crippen LogP contribution in [0.25, 0.3) is 54.2 Å². The van der Waals surface area contributed by atoms with Crippen molar-refractivity contribution in [3.05, 3.63) is 90.7 Å². The Balaban J connectivity index is 1.89. The van der Waals surface area contributed by atoms with Crippen LogP contribution < -0.4 is 0 Å². The highest BCUT2D eigenvalue weighted by atomic mass is 79.9. The minimum absolute atomic E-state index is 0.0920. The highest BCUT2D eigenvalue weighted by Gasteiger charge is 2.24. The molecule has 6 rings (SSSR count). The first-order valence-electron chi connectivity index (χ1n) is 10.4. The molecule has 2 N–H and O–H groups in total. The van der Waals surface area contributed by atoms with Crippen LogP contribution in [0.3, 0.4) is 0 Å². The molecule has 0 aliphatic carbocycles. The Labute approximate surface area is 228 Å². The summed E-state index contributed by atoms with van der Waals surface area (Å²) in [5.41, 5.74) is 1.14. The number of benzene rings is 6. The van der Waals surface area contributed by atoms with E-state index in [1.165, 1.54) is 0 Å². The Morgan fingerprint density at radius 3 is 1.06 bits per heavy atom. The third-order valence-corrected chi connectivity index (χ3v) is 9.68. The lowest BCUT2D eigenvalue weighted by Crippen LogP contribution is -1.92. The number of aromatic hydroxyl groups is 2. The maximum absolute atomic E-state index is 11.2. The third-order valence-electron chi connectivity index (χ3n) is 6.33. The van der Waals surface area contributed by atoms with Gasteiger partial charge in [-0.1, -0.05) is 48.5 Å². The Kier molecular flexibility index (Phi) is 5.41. The molecule has 6 aromatic rings. The zero-order valence-corrected chi connectivity index (χ0v) is 23.7. The topological polar surface area (TPSA) is 40.5 Å². The number of hydrogen-bond donors (Lipinski definition) is 2. The van der Waals surface area contributed by atoms with Crippen LogP contribution in [0, 0.1) is 0 Å². The Hall–Kier alpha value is -2.12. The molecule has 0 fully saturated rings. The van der Waals surface area contributed by atoms with Crippen molar-refractivity contribution in [3.8, 4) is 22.6 Å².